The molecule has 0 aliphatic heterocycles. The Labute approximate surface area is 129 Å². The number of hydrogen-bond donors (Lipinski definition) is 1. The second-order valence-electron chi connectivity index (χ2n) is 5.49. The normalized spacial score (nSPS) is 10.8. The van der Waals surface area contributed by atoms with Crippen LogP contribution in [0.1, 0.15) is 36.1 Å². The summed E-state index contributed by atoms with van der Waals surface area (Å²) in [5, 5.41) is 3.58. The molecule has 112 valence electrons. The maximum absolute atomic E-state index is 3.58. The third-order valence-electron chi connectivity index (χ3n) is 4.14. The van der Waals surface area contributed by atoms with Crippen molar-refractivity contribution in [1.29, 1.82) is 0 Å². The fraction of sp³-hybridized carbons (Fsp3) is 0.400. The fourth-order valence-electron chi connectivity index (χ4n) is 2.86. The predicted octanol–water partition coefficient (Wildman–Crippen LogP) is 4.19. The molecule has 0 saturated heterocycles. The maximum atomic E-state index is 3.58. The zero-order valence-electron chi connectivity index (χ0n) is 13.4. The molecule has 1 heteroatoms. The molecule has 0 aliphatic carbocycles. The van der Waals surface area contributed by atoms with Gasteiger partial charge >= 0.3 is 0 Å². The van der Waals surface area contributed by atoms with Crippen LogP contribution in [0.25, 0.3) is 0 Å². The summed E-state index contributed by atoms with van der Waals surface area (Å²) in [6, 6.07) is 17.6. The van der Waals surface area contributed by atoms with Gasteiger partial charge < -0.3 is 5.32 Å². The minimum atomic E-state index is 1.06. The summed E-state index contributed by atoms with van der Waals surface area (Å²) in [5.74, 6) is 0. The number of benzene rings is 2. The first-order valence-corrected chi connectivity index (χ1v) is 8.19. The lowest BCUT2D eigenvalue weighted by Crippen LogP contribution is -2.21. The van der Waals surface area contributed by atoms with Crippen molar-refractivity contribution in [2.24, 2.45) is 0 Å². The van der Waals surface area contributed by atoms with Gasteiger partial charge in [-0.3, -0.25) is 0 Å². The van der Waals surface area contributed by atoms with E-state index in [4.69, 9.17) is 0 Å². The third-order valence-corrected chi connectivity index (χ3v) is 4.14. The molecule has 0 saturated carbocycles. The van der Waals surface area contributed by atoms with E-state index in [1.807, 2.05) is 0 Å². The second kappa shape index (κ2) is 8.63. The van der Waals surface area contributed by atoms with Crippen LogP contribution in [0.2, 0.25) is 0 Å². The van der Waals surface area contributed by atoms with Crippen LogP contribution >= 0.6 is 0 Å². The van der Waals surface area contributed by atoms with Crippen LogP contribution < -0.4 is 5.32 Å². The molecule has 0 radical (unpaired) electrons. The predicted molar refractivity (Wildman–Crippen MR) is 91.9 cm³/mol. The summed E-state index contributed by atoms with van der Waals surface area (Å²) in [6.45, 7) is 6.58. The minimum Gasteiger partial charge on any atom is -0.316 e. The number of nitrogens with one attached hydrogen (secondary N) is 1. The summed E-state index contributed by atoms with van der Waals surface area (Å²) in [7, 11) is 0. The van der Waals surface area contributed by atoms with Gasteiger partial charge in [0, 0.05) is 0 Å². The van der Waals surface area contributed by atoms with Crippen molar-refractivity contribution in [3.8, 4) is 0 Å². The van der Waals surface area contributed by atoms with E-state index < -0.39 is 0 Å². The smallest absolute Gasteiger partial charge is 0.000812 e. The molecule has 0 heterocycles. The SMILES string of the molecule is CCc1ccccc1CCNCCc1ccccc1CC. The summed E-state index contributed by atoms with van der Waals surface area (Å²) in [6.07, 6.45) is 4.50. The highest BCUT2D eigenvalue weighted by Crippen LogP contribution is 2.11. The van der Waals surface area contributed by atoms with Gasteiger partial charge in [0.25, 0.3) is 0 Å². The van der Waals surface area contributed by atoms with Crippen LogP contribution in [0.4, 0.5) is 0 Å². The Bertz CT molecular complexity index is 496. The zero-order valence-corrected chi connectivity index (χ0v) is 13.4. The van der Waals surface area contributed by atoms with E-state index in [1.165, 1.54) is 22.3 Å². The molecule has 2 aromatic rings. The second-order valence-corrected chi connectivity index (χ2v) is 5.49. The molecule has 0 unspecified atom stereocenters. The first-order valence-electron chi connectivity index (χ1n) is 8.19. The number of hydrogen-bond acceptors (Lipinski definition) is 1. The molecule has 2 aromatic carbocycles. The first-order chi connectivity index (χ1) is 10.3. The Morgan fingerprint density at radius 2 is 1.00 bits per heavy atom. The molecule has 0 atom stereocenters. The average Bonchev–Trinajstić information content (AvgIpc) is 2.55. The van der Waals surface area contributed by atoms with Gasteiger partial charge in [0.15, 0.2) is 0 Å². The van der Waals surface area contributed by atoms with Gasteiger partial charge in [-0.1, -0.05) is 62.4 Å². The Balaban J connectivity index is 1.75. The van der Waals surface area contributed by atoms with Crippen molar-refractivity contribution in [3.63, 3.8) is 0 Å². The molecule has 0 bridgehead atoms. The standard InChI is InChI=1S/C20H27N/c1-3-17-9-5-7-11-19(17)13-15-21-16-14-20-12-8-6-10-18(20)4-2/h5-12,21H,3-4,13-16H2,1-2H3. The zero-order chi connectivity index (χ0) is 14.9. The minimum absolute atomic E-state index is 1.06. The van der Waals surface area contributed by atoms with E-state index in [0.29, 0.717) is 0 Å². The lowest BCUT2D eigenvalue weighted by Gasteiger charge is -2.10. The maximum Gasteiger partial charge on any atom is -0.000812 e. The van der Waals surface area contributed by atoms with E-state index in [2.05, 4.69) is 67.7 Å². The van der Waals surface area contributed by atoms with Crippen molar-refractivity contribution < 1.29 is 0 Å². The first kappa shape index (κ1) is 15.8. The highest BCUT2D eigenvalue weighted by molar-refractivity contribution is 5.28. The van der Waals surface area contributed by atoms with E-state index >= 15 is 0 Å². The highest BCUT2D eigenvalue weighted by Gasteiger charge is 2.01. The molecular weight excluding hydrogens is 254 g/mol. The van der Waals surface area contributed by atoms with Crippen LogP contribution in [-0.2, 0) is 25.7 Å². The summed E-state index contributed by atoms with van der Waals surface area (Å²) in [4.78, 5) is 0. The number of rotatable bonds is 8. The van der Waals surface area contributed by atoms with Gasteiger partial charge in [-0.15, -0.1) is 0 Å². The number of aryl methyl sites for hydroxylation is 2. The molecule has 0 amide bonds. The van der Waals surface area contributed by atoms with Crippen molar-refractivity contribution in [3.05, 3.63) is 70.8 Å². The topological polar surface area (TPSA) is 12.0 Å². The monoisotopic (exact) mass is 281 g/mol. The van der Waals surface area contributed by atoms with Gasteiger partial charge in [-0.2, -0.15) is 0 Å². The molecular formula is C20H27N. The molecule has 1 N–H and O–H groups in total. The molecule has 0 spiro atoms. The van der Waals surface area contributed by atoms with E-state index in [9.17, 15) is 0 Å². The van der Waals surface area contributed by atoms with Crippen LogP contribution in [0.15, 0.2) is 48.5 Å². The van der Waals surface area contributed by atoms with Gasteiger partial charge in [0.05, 0.1) is 0 Å². The van der Waals surface area contributed by atoms with Crippen molar-refractivity contribution in [2.45, 2.75) is 39.5 Å². The lowest BCUT2D eigenvalue weighted by atomic mass is 10.0. The molecule has 0 fully saturated rings. The van der Waals surface area contributed by atoms with Crippen LogP contribution in [0, 0.1) is 0 Å². The highest BCUT2D eigenvalue weighted by atomic mass is 14.8. The van der Waals surface area contributed by atoms with Crippen LogP contribution in [-0.4, -0.2) is 13.1 Å². The summed E-state index contributed by atoms with van der Waals surface area (Å²) in [5.41, 5.74) is 5.94. The van der Waals surface area contributed by atoms with E-state index in [-0.39, 0.29) is 0 Å². The van der Waals surface area contributed by atoms with E-state index in [0.717, 1.165) is 38.8 Å². The summed E-state index contributed by atoms with van der Waals surface area (Å²) >= 11 is 0. The lowest BCUT2D eigenvalue weighted by molar-refractivity contribution is 0.677. The molecule has 21 heavy (non-hydrogen) atoms. The molecule has 0 aromatic heterocycles. The van der Waals surface area contributed by atoms with Gasteiger partial charge in [0.2, 0.25) is 0 Å². The Kier molecular flexibility index (Phi) is 6.49. The molecule has 1 nitrogen and oxygen atoms in total. The summed E-state index contributed by atoms with van der Waals surface area (Å²) < 4.78 is 0. The van der Waals surface area contributed by atoms with Gasteiger partial charge in [-0.05, 0) is 61.0 Å². The van der Waals surface area contributed by atoms with Crippen molar-refractivity contribution in [2.75, 3.05) is 13.1 Å². The van der Waals surface area contributed by atoms with Crippen LogP contribution in [0.5, 0.6) is 0 Å². The Morgan fingerprint density at radius 3 is 1.38 bits per heavy atom. The largest absolute Gasteiger partial charge is 0.316 e. The van der Waals surface area contributed by atoms with Gasteiger partial charge in [0.1, 0.15) is 0 Å². The molecule has 2 rings (SSSR count). The van der Waals surface area contributed by atoms with Crippen molar-refractivity contribution in [1.82, 2.24) is 5.32 Å². The fourth-order valence-corrected chi connectivity index (χ4v) is 2.86. The average molecular weight is 281 g/mol. The van der Waals surface area contributed by atoms with Gasteiger partial charge in [-0.25, -0.2) is 0 Å². The van der Waals surface area contributed by atoms with E-state index in [1.54, 1.807) is 0 Å². The Morgan fingerprint density at radius 1 is 0.619 bits per heavy atom. The quantitative estimate of drug-likeness (QED) is 0.716. The van der Waals surface area contributed by atoms with Crippen LogP contribution in [0.3, 0.4) is 0 Å². The third kappa shape index (κ3) is 4.71. The van der Waals surface area contributed by atoms with Crippen molar-refractivity contribution >= 4 is 0 Å². The molecule has 0 aliphatic rings. The Hall–Kier alpha value is -1.60.